The molecule has 24 heavy (non-hydrogen) atoms. The van der Waals surface area contributed by atoms with Gasteiger partial charge in [0.1, 0.15) is 0 Å². The van der Waals surface area contributed by atoms with Gasteiger partial charge in [-0.1, -0.05) is 36.0 Å². The predicted molar refractivity (Wildman–Crippen MR) is 94.3 cm³/mol. The monoisotopic (exact) mass is 368 g/mol. The van der Waals surface area contributed by atoms with Crippen LogP contribution in [0.25, 0.3) is 0 Å². The third-order valence-corrected chi connectivity index (χ3v) is 4.88. The number of nitrogens with zero attached hydrogens (tertiary/aromatic N) is 2. The Labute approximate surface area is 149 Å². The number of hydrogen-bond acceptors (Lipinski definition) is 3. The Hall–Kier alpha value is -1.72. The molecule has 0 spiro atoms. The van der Waals surface area contributed by atoms with Crippen molar-refractivity contribution in [1.29, 1.82) is 0 Å². The lowest BCUT2D eigenvalue weighted by molar-refractivity contribution is 0.373. The van der Waals surface area contributed by atoms with Crippen LogP contribution in [-0.2, 0) is 13.0 Å². The molecule has 2 aromatic rings. The number of benzene rings is 1. The summed E-state index contributed by atoms with van der Waals surface area (Å²) in [4.78, 5) is 24.8. The molecule has 0 atom stereocenters. The lowest BCUT2D eigenvalue weighted by atomic mass is 10.1. The summed E-state index contributed by atoms with van der Waals surface area (Å²) >= 11 is 12.0. The van der Waals surface area contributed by atoms with Gasteiger partial charge >= 0.3 is 5.69 Å². The van der Waals surface area contributed by atoms with Gasteiger partial charge in [0, 0.05) is 22.6 Å². The van der Waals surface area contributed by atoms with E-state index in [-0.39, 0.29) is 18.5 Å². The molecule has 1 aliphatic rings. The molecule has 0 amide bonds. The number of hydrogen-bond donors (Lipinski definition) is 1. The van der Waals surface area contributed by atoms with E-state index in [9.17, 15) is 14.7 Å². The lowest BCUT2D eigenvalue weighted by Crippen LogP contribution is -2.41. The summed E-state index contributed by atoms with van der Waals surface area (Å²) in [7, 11) is 0. The van der Waals surface area contributed by atoms with Crippen molar-refractivity contribution in [2.24, 2.45) is 0 Å². The Morgan fingerprint density at radius 1 is 1.04 bits per heavy atom. The fourth-order valence-electron chi connectivity index (χ4n) is 3.29. The van der Waals surface area contributed by atoms with Gasteiger partial charge in [-0.2, -0.15) is 0 Å². The first kappa shape index (κ1) is 17.1. The molecule has 0 radical (unpaired) electrons. The van der Waals surface area contributed by atoms with Crippen LogP contribution in [0.4, 0.5) is 0 Å². The van der Waals surface area contributed by atoms with Crippen LogP contribution in [0.15, 0.2) is 33.9 Å². The third kappa shape index (κ3) is 3.52. The van der Waals surface area contributed by atoms with Gasteiger partial charge in [-0.25, -0.2) is 4.79 Å². The van der Waals surface area contributed by atoms with Crippen LogP contribution in [-0.4, -0.2) is 14.2 Å². The maximum absolute atomic E-state index is 12.7. The largest absolute Gasteiger partial charge is 0.494 e. The Bertz CT molecular complexity index is 847. The number of aromatic nitrogens is 2. The summed E-state index contributed by atoms with van der Waals surface area (Å²) in [6, 6.07) is 6.21. The van der Waals surface area contributed by atoms with Gasteiger partial charge in [-0.05, 0) is 43.0 Å². The smallest absolute Gasteiger partial charge is 0.334 e. The molecule has 1 aromatic carbocycles. The van der Waals surface area contributed by atoms with Crippen molar-refractivity contribution >= 4 is 23.2 Å². The zero-order valence-electron chi connectivity index (χ0n) is 13.0. The molecular formula is C17H18Cl2N2O3. The highest BCUT2D eigenvalue weighted by atomic mass is 35.5. The first-order valence-corrected chi connectivity index (χ1v) is 8.71. The molecular weight excluding hydrogens is 351 g/mol. The standard InChI is InChI=1S/C17H18Cl2N2O3/c18-12-7-11(8-13(19)9-12)5-6-20-15(22)10-16(23)21(17(20)24)14-3-1-2-4-14/h7-10,14,22H,1-6H2. The average Bonchev–Trinajstić information content (AvgIpc) is 2.99. The highest BCUT2D eigenvalue weighted by Crippen LogP contribution is 2.27. The molecule has 0 unspecified atom stereocenters. The first-order valence-electron chi connectivity index (χ1n) is 7.96. The second-order valence-corrected chi connectivity index (χ2v) is 6.98. The van der Waals surface area contributed by atoms with Gasteiger partial charge in [-0.3, -0.25) is 13.9 Å². The molecule has 0 saturated heterocycles. The number of aromatic hydroxyl groups is 1. The topological polar surface area (TPSA) is 64.2 Å². The Morgan fingerprint density at radius 2 is 1.67 bits per heavy atom. The maximum atomic E-state index is 12.7. The van der Waals surface area contributed by atoms with Crippen molar-refractivity contribution in [3.63, 3.8) is 0 Å². The third-order valence-electron chi connectivity index (χ3n) is 4.44. The van der Waals surface area contributed by atoms with E-state index in [0.29, 0.717) is 16.5 Å². The van der Waals surface area contributed by atoms with Crippen molar-refractivity contribution in [2.75, 3.05) is 0 Å². The van der Waals surface area contributed by atoms with Crippen molar-refractivity contribution in [3.05, 3.63) is 60.7 Å². The molecule has 1 fully saturated rings. The van der Waals surface area contributed by atoms with E-state index >= 15 is 0 Å². The summed E-state index contributed by atoms with van der Waals surface area (Å²) in [6.07, 6.45) is 4.14. The minimum absolute atomic E-state index is 0.0718. The summed E-state index contributed by atoms with van der Waals surface area (Å²) in [5, 5.41) is 11.1. The minimum Gasteiger partial charge on any atom is -0.494 e. The minimum atomic E-state index is -0.458. The van der Waals surface area contributed by atoms with E-state index < -0.39 is 11.2 Å². The van der Waals surface area contributed by atoms with Gasteiger partial charge < -0.3 is 5.11 Å². The SMILES string of the molecule is O=c1cc(O)n(CCc2cc(Cl)cc(Cl)c2)c(=O)n1C1CCCC1. The zero-order chi connectivity index (χ0) is 17.3. The summed E-state index contributed by atoms with van der Waals surface area (Å²) in [6.45, 7) is 0.244. The van der Waals surface area contributed by atoms with Crippen LogP contribution in [0.1, 0.15) is 37.3 Å². The molecule has 128 valence electrons. The fourth-order valence-corrected chi connectivity index (χ4v) is 3.86. The highest BCUT2D eigenvalue weighted by molar-refractivity contribution is 6.34. The fraction of sp³-hybridized carbons (Fsp3) is 0.412. The van der Waals surface area contributed by atoms with Gasteiger partial charge in [0.2, 0.25) is 5.88 Å². The van der Waals surface area contributed by atoms with E-state index in [0.717, 1.165) is 37.3 Å². The molecule has 1 aliphatic carbocycles. The zero-order valence-corrected chi connectivity index (χ0v) is 14.6. The van der Waals surface area contributed by atoms with Crippen molar-refractivity contribution < 1.29 is 5.11 Å². The quantitative estimate of drug-likeness (QED) is 0.899. The molecule has 1 N–H and O–H groups in total. The Balaban J connectivity index is 1.91. The van der Waals surface area contributed by atoms with Gasteiger partial charge in [0.05, 0.1) is 6.07 Å². The van der Waals surface area contributed by atoms with Crippen LogP contribution in [0.5, 0.6) is 5.88 Å². The van der Waals surface area contributed by atoms with Crippen LogP contribution in [0.3, 0.4) is 0 Å². The van der Waals surface area contributed by atoms with Crippen molar-refractivity contribution in [3.8, 4) is 5.88 Å². The maximum Gasteiger partial charge on any atom is 0.334 e. The summed E-state index contributed by atoms with van der Waals surface area (Å²) < 4.78 is 2.51. The molecule has 0 aliphatic heterocycles. The van der Waals surface area contributed by atoms with Crippen LogP contribution in [0.2, 0.25) is 10.0 Å². The summed E-state index contributed by atoms with van der Waals surface area (Å²) in [5.74, 6) is -0.313. The molecule has 0 bridgehead atoms. The lowest BCUT2D eigenvalue weighted by Gasteiger charge is -2.16. The molecule has 5 nitrogen and oxygen atoms in total. The average molecular weight is 369 g/mol. The normalized spacial score (nSPS) is 15.1. The van der Waals surface area contributed by atoms with Gasteiger partial charge in [-0.15, -0.1) is 0 Å². The second kappa shape index (κ2) is 7.03. The Kier molecular flexibility index (Phi) is 5.01. The molecule has 1 saturated carbocycles. The molecule has 1 aromatic heterocycles. The highest BCUT2D eigenvalue weighted by Gasteiger charge is 2.22. The Morgan fingerprint density at radius 3 is 2.29 bits per heavy atom. The van der Waals surface area contributed by atoms with E-state index in [1.54, 1.807) is 18.2 Å². The first-order chi connectivity index (χ1) is 11.5. The van der Waals surface area contributed by atoms with Gasteiger partial charge in [0.25, 0.3) is 5.56 Å². The summed E-state index contributed by atoms with van der Waals surface area (Å²) in [5.41, 5.74) is -0.0381. The number of aryl methyl sites for hydroxylation is 1. The van der Waals surface area contributed by atoms with Crippen LogP contribution >= 0.6 is 23.2 Å². The van der Waals surface area contributed by atoms with Crippen LogP contribution < -0.4 is 11.2 Å². The van der Waals surface area contributed by atoms with E-state index in [1.807, 2.05) is 0 Å². The second-order valence-electron chi connectivity index (χ2n) is 6.11. The van der Waals surface area contributed by atoms with Gasteiger partial charge in [0.15, 0.2) is 0 Å². The van der Waals surface area contributed by atoms with E-state index in [2.05, 4.69) is 0 Å². The molecule has 1 heterocycles. The van der Waals surface area contributed by atoms with Crippen LogP contribution in [0, 0.1) is 0 Å². The van der Waals surface area contributed by atoms with E-state index in [4.69, 9.17) is 23.2 Å². The number of rotatable bonds is 4. The van der Waals surface area contributed by atoms with Crippen molar-refractivity contribution in [2.45, 2.75) is 44.7 Å². The molecule has 7 heteroatoms. The molecule has 3 rings (SSSR count). The van der Waals surface area contributed by atoms with E-state index in [1.165, 1.54) is 9.13 Å². The predicted octanol–water partition coefficient (Wildman–Crippen LogP) is 3.38. The van der Waals surface area contributed by atoms with Crippen molar-refractivity contribution in [1.82, 2.24) is 9.13 Å². The number of halogens is 2.